The highest BCUT2D eigenvalue weighted by atomic mass is 79.9. The van der Waals surface area contributed by atoms with Crippen LogP contribution in [0.3, 0.4) is 0 Å². The van der Waals surface area contributed by atoms with Gasteiger partial charge in [0.1, 0.15) is 17.1 Å². The number of rotatable bonds is 4. The first kappa shape index (κ1) is 18.3. The molecule has 3 aromatic rings. The van der Waals surface area contributed by atoms with E-state index >= 15 is 0 Å². The molecule has 2 aromatic carbocycles. The van der Waals surface area contributed by atoms with Gasteiger partial charge < -0.3 is 14.5 Å². The smallest absolute Gasteiger partial charge is 0.248 e. The number of fused-ring (bicyclic) bond motifs is 1. The van der Waals surface area contributed by atoms with Gasteiger partial charge in [0.25, 0.3) is 0 Å². The molecule has 0 atom stereocenters. The summed E-state index contributed by atoms with van der Waals surface area (Å²) in [7, 11) is 1.61. The van der Waals surface area contributed by atoms with Crippen molar-refractivity contribution in [3.63, 3.8) is 0 Å². The van der Waals surface area contributed by atoms with Crippen molar-refractivity contribution in [3.8, 4) is 5.75 Å². The third kappa shape index (κ3) is 3.68. The van der Waals surface area contributed by atoms with Crippen LogP contribution in [0.1, 0.15) is 23.8 Å². The number of hydrogen-bond acceptors (Lipinski definition) is 3. The Hall–Kier alpha value is -2.53. The Kier molecular flexibility index (Phi) is 5.18. The molecular formula is C21H20BrNO3. The minimum Gasteiger partial charge on any atom is -0.496 e. The molecule has 1 aromatic heterocycles. The largest absolute Gasteiger partial charge is 0.496 e. The van der Waals surface area contributed by atoms with Gasteiger partial charge in [0.2, 0.25) is 5.91 Å². The average Bonchev–Trinajstić information content (AvgIpc) is 2.87. The first-order valence-corrected chi connectivity index (χ1v) is 9.01. The van der Waals surface area contributed by atoms with Crippen LogP contribution in [0.15, 0.2) is 51.4 Å². The van der Waals surface area contributed by atoms with Crippen LogP contribution < -0.4 is 10.1 Å². The predicted octanol–water partition coefficient (Wildman–Crippen LogP) is 5.86. The molecule has 0 aliphatic heterocycles. The van der Waals surface area contributed by atoms with Crippen LogP contribution in [0.25, 0.3) is 16.5 Å². The van der Waals surface area contributed by atoms with Crippen molar-refractivity contribution in [2.24, 2.45) is 0 Å². The van der Waals surface area contributed by atoms with E-state index in [1.807, 2.05) is 57.2 Å². The number of furan rings is 1. The summed E-state index contributed by atoms with van der Waals surface area (Å²) in [5, 5.41) is 3.90. The molecule has 0 aliphatic carbocycles. The van der Waals surface area contributed by atoms with Gasteiger partial charge in [-0.1, -0.05) is 22.0 Å². The third-order valence-electron chi connectivity index (χ3n) is 4.36. The number of carbonyl (C=O) groups excluding carboxylic acids is 1. The van der Waals surface area contributed by atoms with Crippen molar-refractivity contribution in [1.82, 2.24) is 0 Å². The highest BCUT2D eigenvalue weighted by Gasteiger charge is 2.14. The van der Waals surface area contributed by atoms with Crippen LogP contribution in [-0.4, -0.2) is 13.0 Å². The van der Waals surface area contributed by atoms with Gasteiger partial charge in [0.15, 0.2) is 0 Å². The van der Waals surface area contributed by atoms with E-state index in [1.165, 1.54) is 0 Å². The molecule has 1 heterocycles. The number of methoxy groups -OCH3 is 1. The van der Waals surface area contributed by atoms with E-state index in [4.69, 9.17) is 9.15 Å². The summed E-state index contributed by atoms with van der Waals surface area (Å²) in [6.07, 6.45) is 1.58. The summed E-state index contributed by atoms with van der Waals surface area (Å²) >= 11 is 3.40. The fraction of sp³-hybridized carbons (Fsp3) is 0.190. The monoisotopic (exact) mass is 413 g/mol. The molecule has 0 saturated heterocycles. The minimum atomic E-state index is -0.192. The van der Waals surface area contributed by atoms with Crippen LogP contribution in [0.5, 0.6) is 5.75 Å². The van der Waals surface area contributed by atoms with Crippen molar-refractivity contribution in [2.45, 2.75) is 20.8 Å². The molecule has 0 radical (unpaired) electrons. The molecule has 1 amide bonds. The fourth-order valence-corrected chi connectivity index (χ4v) is 3.27. The lowest BCUT2D eigenvalue weighted by molar-refractivity contribution is -0.111. The quantitative estimate of drug-likeness (QED) is 0.544. The maximum atomic E-state index is 12.4. The Labute approximate surface area is 161 Å². The minimum absolute atomic E-state index is 0.192. The highest BCUT2D eigenvalue weighted by molar-refractivity contribution is 9.10. The Morgan fingerprint density at radius 1 is 1.23 bits per heavy atom. The van der Waals surface area contributed by atoms with Gasteiger partial charge in [-0.3, -0.25) is 4.79 Å². The summed E-state index contributed by atoms with van der Waals surface area (Å²) < 4.78 is 12.2. The molecule has 134 valence electrons. The molecule has 5 heteroatoms. The summed E-state index contributed by atoms with van der Waals surface area (Å²) in [4.78, 5) is 12.4. The van der Waals surface area contributed by atoms with E-state index in [2.05, 4.69) is 21.2 Å². The van der Waals surface area contributed by atoms with Gasteiger partial charge in [-0.2, -0.15) is 0 Å². The zero-order chi connectivity index (χ0) is 18.8. The second-order valence-corrected chi connectivity index (χ2v) is 7.07. The Bertz CT molecular complexity index is 1020. The van der Waals surface area contributed by atoms with Crippen LogP contribution in [-0.2, 0) is 4.79 Å². The van der Waals surface area contributed by atoms with Crippen molar-refractivity contribution < 1.29 is 13.9 Å². The number of halogens is 1. The first-order chi connectivity index (χ1) is 12.4. The molecule has 4 nitrogen and oxygen atoms in total. The van der Waals surface area contributed by atoms with Crippen molar-refractivity contribution in [3.05, 3.63) is 63.8 Å². The molecule has 0 fully saturated rings. The Morgan fingerprint density at radius 2 is 2.00 bits per heavy atom. The SMILES string of the molecule is COc1cc2oc(C)c(C)c2cc1/C(C)=C/C(=O)Nc1cccc(Br)c1. The zero-order valence-corrected chi connectivity index (χ0v) is 16.7. The summed E-state index contributed by atoms with van der Waals surface area (Å²) in [6.45, 7) is 5.86. The Balaban J connectivity index is 1.94. The maximum absolute atomic E-state index is 12.4. The molecule has 0 saturated carbocycles. The molecule has 0 spiro atoms. The van der Waals surface area contributed by atoms with Crippen LogP contribution in [0.4, 0.5) is 5.69 Å². The molecule has 0 bridgehead atoms. The van der Waals surface area contributed by atoms with Gasteiger partial charge in [0, 0.05) is 33.3 Å². The lowest BCUT2D eigenvalue weighted by atomic mass is 10.0. The Morgan fingerprint density at radius 3 is 2.69 bits per heavy atom. The van der Waals surface area contributed by atoms with Gasteiger partial charge >= 0.3 is 0 Å². The van der Waals surface area contributed by atoms with Crippen LogP contribution in [0, 0.1) is 13.8 Å². The van der Waals surface area contributed by atoms with Gasteiger partial charge in [-0.05, 0) is 56.2 Å². The number of nitrogens with one attached hydrogen (secondary N) is 1. The van der Waals surface area contributed by atoms with E-state index in [9.17, 15) is 4.79 Å². The normalized spacial score (nSPS) is 11.7. The number of ether oxygens (including phenoxy) is 1. The predicted molar refractivity (Wildman–Crippen MR) is 109 cm³/mol. The highest BCUT2D eigenvalue weighted by Crippen LogP contribution is 2.34. The van der Waals surface area contributed by atoms with E-state index in [0.717, 1.165) is 43.6 Å². The van der Waals surface area contributed by atoms with Crippen molar-refractivity contribution in [1.29, 1.82) is 0 Å². The second kappa shape index (κ2) is 7.38. The molecular weight excluding hydrogens is 394 g/mol. The molecule has 26 heavy (non-hydrogen) atoms. The second-order valence-electron chi connectivity index (χ2n) is 6.16. The number of amides is 1. The van der Waals surface area contributed by atoms with Crippen LogP contribution >= 0.6 is 15.9 Å². The number of allylic oxidation sites excluding steroid dienone is 1. The number of aryl methyl sites for hydroxylation is 2. The average molecular weight is 414 g/mol. The summed E-state index contributed by atoms with van der Waals surface area (Å²) in [6, 6.07) is 11.4. The van der Waals surface area contributed by atoms with E-state index in [-0.39, 0.29) is 5.91 Å². The number of hydrogen-bond donors (Lipinski definition) is 1. The van der Waals surface area contributed by atoms with Gasteiger partial charge in [-0.25, -0.2) is 0 Å². The van der Waals surface area contributed by atoms with Crippen molar-refractivity contribution in [2.75, 3.05) is 12.4 Å². The van der Waals surface area contributed by atoms with E-state index < -0.39 is 0 Å². The first-order valence-electron chi connectivity index (χ1n) is 8.22. The maximum Gasteiger partial charge on any atom is 0.248 e. The van der Waals surface area contributed by atoms with Gasteiger partial charge in [0.05, 0.1) is 7.11 Å². The van der Waals surface area contributed by atoms with E-state index in [1.54, 1.807) is 13.2 Å². The molecule has 0 unspecified atom stereocenters. The van der Waals surface area contributed by atoms with Crippen LogP contribution in [0.2, 0.25) is 0 Å². The lowest BCUT2D eigenvalue weighted by Crippen LogP contribution is -2.08. The third-order valence-corrected chi connectivity index (χ3v) is 4.85. The number of benzene rings is 2. The molecule has 0 aliphatic rings. The summed E-state index contributed by atoms with van der Waals surface area (Å²) in [5.41, 5.74) is 4.29. The zero-order valence-electron chi connectivity index (χ0n) is 15.1. The molecule has 3 rings (SSSR count). The number of anilines is 1. The molecule has 1 N–H and O–H groups in total. The number of carbonyl (C=O) groups is 1. The topological polar surface area (TPSA) is 51.5 Å². The standard InChI is InChI=1S/C21H20BrNO3/c1-12(8-21(24)23-16-7-5-6-15(22)9-16)17-10-18-13(2)14(3)26-20(18)11-19(17)25-4/h5-11H,1-4H3,(H,23,24)/b12-8+. The van der Waals surface area contributed by atoms with E-state index in [0.29, 0.717) is 5.75 Å². The van der Waals surface area contributed by atoms with Gasteiger partial charge in [-0.15, -0.1) is 0 Å². The van der Waals surface area contributed by atoms with Crippen molar-refractivity contribution >= 4 is 44.1 Å². The summed E-state index contributed by atoms with van der Waals surface area (Å²) in [5.74, 6) is 1.37. The fourth-order valence-electron chi connectivity index (χ4n) is 2.87. The lowest BCUT2D eigenvalue weighted by Gasteiger charge is -2.10.